The van der Waals surface area contributed by atoms with E-state index in [9.17, 15) is 9.59 Å². The van der Waals surface area contributed by atoms with Gasteiger partial charge in [0.05, 0.1) is 12.7 Å². The van der Waals surface area contributed by atoms with E-state index < -0.39 is 11.8 Å². The molecule has 3 rings (SSSR count). The first-order valence-corrected chi connectivity index (χ1v) is 7.80. The summed E-state index contributed by atoms with van der Waals surface area (Å²) in [5.41, 5.74) is 6.06. The van der Waals surface area contributed by atoms with Crippen LogP contribution in [0.25, 0.3) is 0 Å². The topological polar surface area (TPSA) is 105 Å². The van der Waals surface area contributed by atoms with Crippen LogP contribution < -0.4 is 10.9 Å². The number of hydrazine groups is 1. The predicted molar refractivity (Wildman–Crippen MR) is 89.0 cm³/mol. The number of carbonyl (C=O) groups is 2. The molecular formula is C15H13BrN6O2. The number of benzene rings is 1. The summed E-state index contributed by atoms with van der Waals surface area (Å²) in [4.78, 5) is 26.6. The lowest BCUT2D eigenvalue weighted by Gasteiger charge is -2.03. The molecule has 0 saturated heterocycles. The summed E-state index contributed by atoms with van der Waals surface area (Å²) in [6.45, 7) is 0.504. The van der Waals surface area contributed by atoms with Crippen molar-refractivity contribution in [1.29, 1.82) is 0 Å². The van der Waals surface area contributed by atoms with Gasteiger partial charge in [0.2, 0.25) is 0 Å². The second kappa shape index (κ2) is 7.09. The maximum Gasteiger partial charge on any atom is 0.291 e. The van der Waals surface area contributed by atoms with E-state index in [1.165, 1.54) is 6.20 Å². The Morgan fingerprint density at radius 1 is 1.17 bits per heavy atom. The van der Waals surface area contributed by atoms with Crippen LogP contribution in [0.5, 0.6) is 0 Å². The van der Waals surface area contributed by atoms with Gasteiger partial charge in [-0.25, -0.2) is 4.68 Å². The SMILES string of the molecule is O=C(NNC(=O)c1cc(Br)c[nH]1)c1cn(Cc2ccccc2)nn1. The van der Waals surface area contributed by atoms with Crippen LogP contribution in [-0.2, 0) is 6.54 Å². The summed E-state index contributed by atoms with van der Waals surface area (Å²) < 4.78 is 2.29. The summed E-state index contributed by atoms with van der Waals surface area (Å²) in [6, 6.07) is 11.3. The Bertz CT molecular complexity index is 858. The van der Waals surface area contributed by atoms with E-state index in [-0.39, 0.29) is 5.69 Å². The molecule has 0 saturated carbocycles. The minimum atomic E-state index is -0.548. The van der Waals surface area contributed by atoms with E-state index in [0.29, 0.717) is 12.2 Å². The molecule has 0 radical (unpaired) electrons. The second-order valence-electron chi connectivity index (χ2n) is 4.93. The van der Waals surface area contributed by atoms with Crippen molar-refractivity contribution in [2.24, 2.45) is 0 Å². The average molecular weight is 389 g/mol. The maximum absolute atomic E-state index is 12.0. The highest BCUT2D eigenvalue weighted by molar-refractivity contribution is 9.10. The highest BCUT2D eigenvalue weighted by Crippen LogP contribution is 2.10. The molecule has 3 N–H and O–H groups in total. The number of nitrogens with zero attached hydrogens (tertiary/aromatic N) is 3. The zero-order valence-corrected chi connectivity index (χ0v) is 13.9. The number of H-pyrrole nitrogens is 1. The number of carbonyl (C=O) groups excluding carboxylic acids is 2. The summed E-state index contributed by atoms with van der Waals surface area (Å²) in [5.74, 6) is -1.01. The Morgan fingerprint density at radius 2 is 1.92 bits per heavy atom. The third-order valence-electron chi connectivity index (χ3n) is 3.14. The lowest BCUT2D eigenvalue weighted by atomic mass is 10.2. The molecule has 2 heterocycles. The molecule has 2 aromatic heterocycles. The number of amides is 2. The van der Waals surface area contributed by atoms with Gasteiger partial charge < -0.3 is 4.98 Å². The van der Waals surface area contributed by atoms with Crippen molar-refractivity contribution in [3.05, 3.63) is 70.2 Å². The lowest BCUT2D eigenvalue weighted by molar-refractivity contribution is 0.0841. The van der Waals surface area contributed by atoms with Gasteiger partial charge in [-0.2, -0.15) is 0 Å². The van der Waals surface area contributed by atoms with Crippen LogP contribution in [-0.4, -0.2) is 31.8 Å². The van der Waals surface area contributed by atoms with Crippen molar-refractivity contribution in [2.75, 3.05) is 0 Å². The highest BCUT2D eigenvalue weighted by Gasteiger charge is 2.13. The van der Waals surface area contributed by atoms with E-state index in [1.807, 2.05) is 30.3 Å². The number of hydrogen-bond donors (Lipinski definition) is 3. The average Bonchev–Trinajstić information content (AvgIpc) is 3.22. The fraction of sp³-hybridized carbons (Fsp3) is 0.0667. The lowest BCUT2D eigenvalue weighted by Crippen LogP contribution is -2.41. The molecule has 122 valence electrons. The van der Waals surface area contributed by atoms with Gasteiger partial charge >= 0.3 is 0 Å². The highest BCUT2D eigenvalue weighted by atomic mass is 79.9. The number of aromatic nitrogens is 4. The van der Waals surface area contributed by atoms with Crippen molar-refractivity contribution in [3.8, 4) is 0 Å². The molecule has 0 bridgehead atoms. The Labute approximate surface area is 145 Å². The van der Waals surface area contributed by atoms with Crippen LogP contribution in [0.1, 0.15) is 26.5 Å². The quantitative estimate of drug-likeness (QED) is 0.588. The van der Waals surface area contributed by atoms with Crippen LogP contribution in [0.4, 0.5) is 0 Å². The molecule has 0 fully saturated rings. The summed E-state index contributed by atoms with van der Waals surface area (Å²) in [7, 11) is 0. The first-order valence-electron chi connectivity index (χ1n) is 7.00. The third-order valence-corrected chi connectivity index (χ3v) is 3.60. The molecule has 2 amide bonds. The van der Waals surface area contributed by atoms with E-state index in [0.717, 1.165) is 10.0 Å². The zero-order valence-electron chi connectivity index (χ0n) is 12.4. The normalized spacial score (nSPS) is 10.4. The largest absolute Gasteiger partial charge is 0.356 e. The van der Waals surface area contributed by atoms with E-state index in [2.05, 4.69) is 42.1 Å². The van der Waals surface area contributed by atoms with Gasteiger partial charge in [0.15, 0.2) is 5.69 Å². The molecule has 9 heteroatoms. The Balaban J connectivity index is 1.57. The summed E-state index contributed by atoms with van der Waals surface area (Å²) in [5, 5.41) is 7.70. The predicted octanol–water partition coefficient (Wildman–Crippen LogP) is 1.49. The van der Waals surface area contributed by atoms with Gasteiger partial charge in [0.25, 0.3) is 11.8 Å². The first kappa shape index (κ1) is 15.9. The molecule has 0 spiro atoms. The first-order chi connectivity index (χ1) is 11.6. The van der Waals surface area contributed by atoms with Crippen LogP contribution >= 0.6 is 15.9 Å². The van der Waals surface area contributed by atoms with Crippen molar-refractivity contribution >= 4 is 27.7 Å². The number of hydrogen-bond acceptors (Lipinski definition) is 4. The maximum atomic E-state index is 12.0. The van der Waals surface area contributed by atoms with Crippen molar-refractivity contribution in [1.82, 2.24) is 30.8 Å². The zero-order chi connectivity index (χ0) is 16.9. The Morgan fingerprint density at radius 3 is 2.62 bits per heavy atom. The van der Waals surface area contributed by atoms with Crippen molar-refractivity contribution in [2.45, 2.75) is 6.54 Å². The molecule has 0 aliphatic carbocycles. The minimum absolute atomic E-state index is 0.110. The monoisotopic (exact) mass is 388 g/mol. The Kier molecular flexibility index (Phi) is 4.71. The number of halogens is 1. The second-order valence-corrected chi connectivity index (χ2v) is 5.84. The fourth-order valence-electron chi connectivity index (χ4n) is 1.99. The number of rotatable bonds is 4. The van der Waals surface area contributed by atoms with Gasteiger partial charge in [-0.15, -0.1) is 5.10 Å². The van der Waals surface area contributed by atoms with Gasteiger partial charge in [-0.3, -0.25) is 20.4 Å². The van der Waals surface area contributed by atoms with Crippen LogP contribution in [0.15, 0.2) is 53.3 Å². The molecule has 0 aliphatic rings. The molecule has 0 aliphatic heterocycles. The molecule has 1 aromatic carbocycles. The molecule has 24 heavy (non-hydrogen) atoms. The van der Waals surface area contributed by atoms with Gasteiger partial charge in [0.1, 0.15) is 5.69 Å². The van der Waals surface area contributed by atoms with E-state index in [1.54, 1.807) is 16.9 Å². The van der Waals surface area contributed by atoms with Crippen LogP contribution in [0.3, 0.4) is 0 Å². The molecule has 3 aromatic rings. The Hall–Kier alpha value is -2.94. The third kappa shape index (κ3) is 3.87. The van der Waals surface area contributed by atoms with E-state index >= 15 is 0 Å². The molecular weight excluding hydrogens is 376 g/mol. The number of aromatic amines is 1. The van der Waals surface area contributed by atoms with Gasteiger partial charge in [-0.1, -0.05) is 35.5 Å². The van der Waals surface area contributed by atoms with Crippen LogP contribution in [0.2, 0.25) is 0 Å². The summed E-state index contributed by atoms with van der Waals surface area (Å²) >= 11 is 3.23. The van der Waals surface area contributed by atoms with Gasteiger partial charge in [-0.05, 0) is 27.6 Å². The van der Waals surface area contributed by atoms with Gasteiger partial charge in [0, 0.05) is 10.7 Å². The molecule has 0 unspecified atom stereocenters. The van der Waals surface area contributed by atoms with E-state index in [4.69, 9.17) is 0 Å². The van der Waals surface area contributed by atoms with Crippen LogP contribution in [0, 0.1) is 0 Å². The van der Waals surface area contributed by atoms with Crippen molar-refractivity contribution in [3.63, 3.8) is 0 Å². The van der Waals surface area contributed by atoms with Crippen molar-refractivity contribution < 1.29 is 9.59 Å². The smallest absolute Gasteiger partial charge is 0.291 e. The molecule has 8 nitrogen and oxygen atoms in total. The number of nitrogens with one attached hydrogen (secondary N) is 3. The standard InChI is InChI=1S/C15H13BrN6O2/c16-11-6-12(17-7-11)14(23)19-20-15(24)13-9-22(21-18-13)8-10-4-2-1-3-5-10/h1-7,9,17H,8H2,(H,19,23)(H,20,24). The molecule has 0 atom stereocenters. The minimum Gasteiger partial charge on any atom is -0.356 e. The summed E-state index contributed by atoms with van der Waals surface area (Å²) in [6.07, 6.45) is 3.13. The fourth-order valence-corrected chi connectivity index (χ4v) is 2.34.